The minimum absolute atomic E-state index is 0.337. The molecule has 0 spiro atoms. The molecule has 0 radical (unpaired) electrons. The number of halogens is 2. The van der Waals surface area contributed by atoms with Crippen LogP contribution in [0.3, 0.4) is 0 Å². The van der Waals surface area contributed by atoms with Gasteiger partial charge in [-0.3, -0.25) is 0 Å². The number of ether oxygens (including phenoxy) is 2. The number of nitrogens with one attached hydrogen (secondary N) is 1. The second-order valence-corrected chi connectivity index (χ2v) is 7.14. The van der Waals surface area contributed by atoms with Crippen molar-refractivity contribution in [2.24, 2.45) is 0 Å². The Labute approximate surface area is 133 Å². The summed E-state index contributed by atoms with van der Waals surface area (Å²) in [4.78, 5) is 0. The van der Waals surface area contributed by atoms with Crippen LogP contribution in [0, 0.1) is 0 Å². The van der Waals surface area contributed by atoms with Crippen LogP contribution in [0.15, 0.2) is 18.2 Å². The lowest BCUT2D eigenvalue weighted by Gasteiger charge is -2.19. The molecular weight excluding hydrogens is 341 g/mol. The maximum absolute atomic E-state index is 11.6. The highest BCUT2D eigenvalue weighted by Crippen LogP contribution is 2.44. The third-order valence-corrected chi connectivity index (χ3v) is 4.42. The second kappa shape index (κ2) is 6.00. The molecule has 2 atom stereocenters. The van der Waals surface area contributed by atoms with Gasteiger partial charge in [0.05, 0.1) is 0 Å². The number of benzene rings is 1. The molecule has 1 aliphatic heterocycles. The highest BCUT2D eigenvalue weighted by atomic mass is 35.5. The summed E-state index contributed by atoms with van der Waals surface area (Å²) in [6.45, 7) is 3.28. The molecule has 1 aromatic carbocycles. The van der Waals surface area contributed by atoms with Gasteiger partial charge >= 0.3 is 10.3 Å². The lowest BCUT2D eigenvalue weighted by molar-refractivity contribution is -0.167. The summed E-state index contributed by atoms with van der Waals surface area (Å²) in [5.74, 6) is -1.04. The van der Waals surface area contributed by atoms with Crippen molar-refractivity contribution in [3.8, 4) is 0 Å². The predicted octanol–water partition coefficient (Wildman–Crippen LogP) is 2.62. The second-order valence-electron chi connectivity index (χ2n) is 4.81. The van der Waals surface area contributed by atoms with E-state index in [1.54, 1.807) is 32.0 Å². The van der Waals surface area contributed by atoms with Crippen LogP contribution in [-0.4, -0.2) is 27.5 Å². The molecule has 2 rings (SSSR count). The summed E-state index contributed by atoms with van der Waals surface area (Å²) in [7, 11) is -2.73. The van der Waals surface area contributed by atoms with Gasteiger partial charge < -0.3 is 9.47 Å². The standard InChI is InChI=1S/C12H15Cl2NO5S/c1-12(2)18-10(9-7(13)5-4-6-8(9)14)11(19-12)20-21(16,17)15-3/h4-6,10-11,15H,1-3H3. The van der Waals surface area contributed by atoms with E-state index in [1.807, 2.05) is 4.72 Å². The van der Waals surface area contributed by atoms with Gasteiger partial charge in [0.2, 0.25) is 6.29 Å². The normalized spacial score (nSPS) is 25.2. The molecule has 1 fully saturated rings. The zero-order chi connectivity index (χ0) is 15.8. The van der Waals surface area contributed by atoms with Gasteiger partial charge in [-0.15, -0.1) is 0 Å². The molecule has 1 aromatic rings. The molecular formula is C12H15Cl2NO5S. The van der Waals surface area contributed by atoms with E-state index < -0.39 is 28.5 Å². The summed E-state index contributed by atoms with van der Waals surface area (Å²) in [6, 6.07) is 4.93. The van der Waals surface area contributed by atoms with Crippen LogP contribution in [-0.2, 0) is 24.0 Å². The van der Waals surface area contributed by atoms with Crippen LogP contribution in [0.4, 0.5) is 0 Å². The average molecular weight is 356 g/mol. The topological polar surface area (TPSA) is 73.9 Å². The van der Waals surface area contributed by atoms with E-state index in [0.29, 0.717) is 15.6 Å². The molecule has 1 aliphatic rings. The highest BCUT2D eigenvalue weighted by Gasteiger charge is 2.46. The molecule has 0 saturated carbocycles. The van der Waals surface area contributed by atoms with Crippen molar-refractivity contribution in [2.75, 3.05) is 7.05 Å². The van der Waals surface area contributed by atoms with Gasteiger partial charge in [-0.25, -0.2) is 4.18 Å². The smallest absolute Gasteiger partial charge is 0.337 e. The van der Waals surface area contributed by atoms with Crippen molar-refractivity contribution < 1.29 is 22.1 Å². The van der Waals surface area contributed by atoms with Gasteiger partial charge in [-0.05, 0) is 26.0 Å². The lowest BCUT2D eigenvalue weighted by atomic mass is 10.1. The molecule has 2 unspecified atom stereocenters. The minimum Gasteiger partial charge on any atom is -0.337 e. The first-order chi connectivity index (χ1) is 9.65. The van der Waals surface area contributed by atoms with E-state index in [4.69, 9.17) is 36.9 Å². The summed E-state index contributed by atoms with van der Waals surface area (Å²) < 4.78 is 41.3. The van der Waals surface area contributed by atoms with Crippen LogP contribution in [0.25, 0.3) is 0 Å². The summed E-state index contributed by atoms with van der Waals surface area (Å²) >= 11 is 12.3. The van der Waals surface area contributed by atoms with Gasteiger partial charge in [-0.1, -0.05) is 29.3 Å². The first-order valence-corrected chi connectivity index (χ1v) is 8.23. The Morgan fingerprint density at radius 3 is 2.33 bits per heavy atom. The molecule has 9 heteroatoms. The highest BCUT2D eigenvalue weighted by molar-refractivity contribution is 7.84. The van der Waals surface area contributed by atoms with Crippen molar-refractivity contribution in [3.05, 3.63) is 33.8 Å². The third kappa shape index (κ3) is 3.87. The van der Waals surface area contributed by atoms with E-state index in [0.717, 1.165) is 0 Å². The molecule has 0 bridgehead atoms. The Morgan fingerprint density at radius 2 is 1.81 bits per heavy atom. The van der Waals surface area contributed by atoms with Gasteiger partial charge in [0.15, 0.2) is 5.79 Å². The predicted molar refractivity (Wildman–Crippen MR) is 78.3 cm³/mol. The molecule has 118 valence electrons. The fraction of sp³-hybridized carbons (Fsp3) is 0.500. The summed E-state index contributed by atoms with van der Waals surface area (Å²) in [5, 5.41) is 0.675. The van der Waals surface area contributed by atoms with Crippen LogP contribution in [0.2, 0.25) is 10.0 Å². The fourth-order valence-electron chi connectivity index (χ4n) is 1.95. The Balaban J connectivity index is 2.40. The minimum atomic E-state index is -3.96. The maximum atomic E-state index is 11.6. The van der Waals surface area contributed by atoms with Crippen LogP contribution < -0.4 is 4.72 Å². The molecule has 0 aliphatic carbocycles. The SMILES string of the molecule is CNS(=O)(=O)OC1OC(C)(C)OC1c1c(Cl)cccc1Cl. The molecule has 1 saturated heterocycles. The van der Waals surface area contributed by atoms with Crippen molar-refractivity contribution in [2.45, 2.75) is 32.0 Å². The quantitative estimate of drug-likeness (QED) is 0.898. The summed E-state index contributed by atoms with van der Waals surface area (Å²) in [5.41, 5.74) is 0.419. The monoisotopic (exact) mass is 355 g/mol. The van der Waals surface area contributed by atoms with Crippen LogP contribution >= 0.6 is 23.2 Å². The zero-order valence-corrected chi connectivity index (χ0v) is 13.9. The van der Waals surface area contributed by atoms with Crippen molar-refractivity contribution in [1.82, 2.24) is 4.72 Å². The van der Waals surface area contributed by atoms with Gasteiger partial charge in [-0.2, -0.15) is 13.1 Å². The number of hydrogen-bond acceptors (Lipinski definition) is 5. The van der Waals surface area contributed by atoms with Crippen molar-refractivity contribution in [1.29, 1.82) is 0 Å². The van der Waals surface area contributed by atoms with Crippen LogP contribution in [0.1, 0.15) is 25.5 Å². The molecule has 0 aromatic heterocycles. The van der Waals surface area contributed by atoms with E-state index in [2.05, 4.69) is 0 Å². The zero-order valence-electron chi connectivity index (χ0n) is 11.6. The first kappa shape index (κ1) is 17.0. The summed E-state index contributed by atoms with van der Waals surface area (Å²) in [6.07, 6.45) is -2.07. The first-order valence-electron chi connectivity index (χ1n) is 6.06. The van der Waals surface area contributed by atoms with E-state index in [-0.39, 0.29) is 0 Å². The third-order valence-electron chi connectivity index (χ3n) is 2.81. The number of hydrogen-bond donors (Lipinski definition) is 1. The Morgan fingerprint density at radius 1 is 1.24 bits per heavy atom. The van der Waals surface area contributed by atoms with E-state index >= 15 is 0 Å². The lowest BCUT2D eigenvalue weighted by Crippen LogP contribution is -2.31. The maximum Gasteiger partial charge on any atom is 0.338 e. The molecule has 21 heavy (non-hydrogen) atoms. The largest absolute Gasteiger partial charge is 0.338 e. The van der Waals surface area contributed by atoms with Crippen molar-refractivity contribution >= 4 is 33.5 Å². The van der Waals surface area contributed by atoms with Gasteiger partial charge in [0.25, 0.3) is 0 Å². The molecule has 0 amide bonds. The van der Waals surface area contributed by atoms with Crippen molar-refractivity contribution in [3.63, 3.8) is 0 Å². The van der Waals surface area contributed by atoms with Gasteiger partial charge in [0.1, 0.15) is 6.10 Å². The van der Waals surface area contributed by atoms with E-state index in [9.17, 15) is 8.42 Å². The fourth-order valence-corrected chi connectivity index (χ4v) is 3.05. The average Bonchev–Trinajstić information content (AvgIpc) is 2.63. The Bertz CT molecular complexity index is 614. The number of rotatable bonds is 4. The van der Waals surface area contributed by atoms with Crippen LogP contribution in [0.5, 0.6) is 0 Å². The Kier molecular flexibility index (Phi) is 4.84. The molecule has 1 heterocycles. The van der Waals surface area contributed by atoms with Gasteiger partial charge in [0, 0.05) is 22.7 Å². The van der Waals surface area contributed by atoms with E-state index in [1.165, 1.54) is 7.05 Å². The molecule has 6 nitrogen and oxygen atoms in total. The Hall–Kier alpha value is -0.410. The molecule has 1 N–H and O–H groups in total.